The largest absolute Gasteiger partial charge is 0.497 e. The second kappa shape index (κ2) is 8.43. The van der Waals surface area contributed by atoms with Gasteiger partial charge in [-0.3, -0.25) is 0 Å². The summed E-state index contributed by atoms with van der Waals surface area (Å²) < 4.78 is 5.26. The molecular weight excluding hydrogens is 258 g/mol. The molecule has 0 aliphatic heterocycles. The minimum absolute atomic E-state index is 0.461. The monoisotopic (exact) mass is 289 g/mol. The van der Waals surface area contributed by atoms with Crippen molar-refractivity contribution < 1.29 is 4.74 Å². The summed E-state index contributed by atoms with van der Waals surface area (Å²) in [4.78, 5) is 0. The first-order valence-corrected chi connectivity index (χ1v) is 8.68. The first-order valence-electron chi connectivity index (χ1n) is 8.68. The van der Waals surface area contributed by atoms with Crippen molar-refractivity contribution in [1.29, 1.82) is 0 Å². The third kappa shape index (κ3) is 4.47. The first-order chi connectivity index (χ1) is 10.3. The molecule has 1 saturated carbocycles. The number of hydrogen-bond donors (Lipinski definition) is 1. The summed E-state index contributed by atoms with van der Waals surface area (Å²) in [5.74, 6) is 1.81. The molecule has 2 heteroatoms. The van der Waals surface area contributed by atoms with Crippen LogP contribution in [0.25, 0.3) is 0 Å². The molecule has 118 valence electrons. The van der Waals surface area contributed by atoms with Crippen molar-refractivity contribution in [2.75, 3.05) is 7.11 Å². The SMILES string of the molecule is CCC(NC(CC)C1CCCCC1)c1ccc(OC)cc1. The third-order valence-corrected chi connectivity index (χ3v) is 5.00. The van der Waals surface area contributed by atoms with Crippen LogP contribution in [0.1, 0.15) is 70.4 Å². The van der Waals surface area contributed by atoms with Crippen LogP contribution in [0.3, 0.4) is 0 Å². The summed E-state index contributed by atoms with van der Waals surface area (Å²) in [6.45, 7) is 4.60. The molecule has 1 aliphatic carbocycles. The maximum Gasteiger partial charge on any atom is 0.118 e. The van der Waals surface area contributed by atoms with Gasteiger partial charge in [-0.15, -0.1) is 0 Å². The Kier molecular flexibility index (Phi) is 6.56. The summed E-state index contributed by atoms with van der Waals surface area (Å²) in [6, 6.07) is 9.67. The maximum atomic E-state index is 5.26. The van der Waals surface area contributed by atoms with Crippen molar-refractivity contribution in [1.82, 2.24) is 5.32 Å². The van der Waals surface area contributed by atoms with Crippen LogP contribution in [-0.2, 0) is 0 Å². The predicted octanol–water partition coefficient (Wildman–Crippen LogP) is 5.09. The lowest BCUT2D eigenvalue weighted by Crippen LogP contribution is -2.39. The number of ether oxygens (including phenoxy) is 1. The van der Waals surface area contributed by atoms with Gasteiger partial charge >= 0.3 is 0 Å². The van der Waals surface area contributed by atoms with E-state index in [1.165, 1.54) is 44.1 Å². The minimum atomic E-state index is 0.461. The van der Waals surface area contributed by atoms with Gasteiger partial charge in [0, 0.05) is 12.1 Å². The molecule has 2 unspecified atom stereocenters. The number of benzene rings is 1. The highest BCUT2D eigenvalue weighted by Crippen LogP contribution is 2.30. The van der Waals surface area contributed by atoms with Crippen LogP contribution in [0.4, 0.5) is 0 Å². The summed E-state index contributed by atoms with van der Waals surface area (Å²) >= 11 is 0. The fourth-order valence-electron chi connectivity index (χ4n) is 3.67. The zero-order valence-corrected chi connectivity index (χ0v) is 13.9. The van der Waals surface area contributed by atoms with Crippen LogP contribution in [-0.4, -0.2) is 13.2 Å². The second-order valence-corrected chi connectivity index (χ2v) is 6.31. The quantitative estimate of drug-likeness (QED) is 0.754. The number of hydrogen-bond acceptors (Lipinski definition) is 2. The van der Waals surface area contributed by atoms with Gasteiger partial charge in [-0.1, -0.05) is 45.2 Å². The fraction of sp³-hybridized carbons (Fsp3) is 0.684. The zero-order chi connectivity index (χ0) is 15.1. The zero-order valence-electron chi connectivity index (χ0n) is 13.9. The van der Waals surface area contributed by atoms with Gasteiger partial charge in [0.2, 0.25) is 0 Å². The summed E-state index contributed by atoms with van der Waals surface area (Å²) in [7, 11) is 1.72. The van der Waals surface area contributed by atoms with Gasteiger partial charge in [-0.25, -0.2) is 0 Å². The minimum Gasteiger partial charge on any atom is -0.497 e. The van der Waals surface area contributed by atoms with E-state index in [0.717, 1.165) is 18.1 Å². The van der Waals surface area contributed by atoms with Crippen molar-refractivity contribution in [2.24, 2.45) is 5.92 Å². The van der Waals surface area contributed by atoms with Crippen LogP contribution in [0.2, 0.25) is 0 Å². The Hall–Kier alpha value is -1.02. The van der Waals surface area contributed by atoms with Gasteiger partial charge < -0.3 is 10.1 Å². The standard InChI is InChI=1S/C19H31NO/c1-4-18(15-9-7-6-8-10-15)20-19(5-2)16-11-13-17(21-3)14-12-16/h11-15,18-20H,4-10H2,1-3H3. The van der Waals surface area contributed by atoms with Gasteiger partial charge in [0.05, 0.1) is 7.11 Å². The highest BCUT2D eigenvalue weighted by Gasteiger charge is 2.24. The lowest BCUT2D eigenvalue weighted by Gasteiger charge is -2.33. The average Bonchev–Trinajstić information content (AvgIpc) is 2.57. The van der Waals surface area contributed by atoms with Crippen molar-refractivity contribution in [3.05, 3.63) is 29.8 Å². The molecule has 0 bridgehead atoms. The van der Waals surface area contributed by atoms with Gasteiger partial charge in [0.25, 0.3) is 0 Å². The molecule has 0 aromatic heterocycles. The van der Waals surface area contributed by atoms with E-state index < -0.39 is 0 Å². The summed E-state index contributed by atoms with van der Waals surface area (Å²) in [5, 5.41) is 3.94. The molecule has 2 nitrogen and oxygen atoms in total. The average molecular weight is 289 g/mol. The Morgan fingerprint density at radius 1 is 1.05 bits per heavy atom. The molecule has 0 amide bonds. The molecule has 0 radical (unpaired) electrons. The molecule has 2 atom stereocenters. The molecule has 0 spiro atoms. The predicted molar refractivity (Wildman–Crippen MR) is 89.8 cm³/mol. The molecule has 1 aromatic carbocycles. The molecular formula is C19H31NO. The summed E-state index contributed by atoms with van der Waals surface area (Å²) in [5.41, 5.74) is 1.38. The number of rotatable bonds is 7. The molecule has 21 heavy (non-hydrogen) atoms. The van der Waals surface area contributed by atoms with Gasteiger partial charge in [-0.2, -0.15) is 0 Å². The van der Waals surface area contributed by atoms with E-state index in [2.05, 4.69) is 43.4 Å². The lowest BCUT2D eigenvalue weighted by molar-refractivity contribution is 0.244. The van der Waals surface area contributed by atoms with Crippen LogP contribution < -0.4 is 10.1 Å². The number of methoxy groups -OCH3 is 1. The van der Waals surface area contributed by atoms with Crippen molar-refractivity contribution in [3.8, 4) is 5.75 Å². The van der Waals surface area contributed by atoms with Crippen molar-refractivity contribution in [3.63, 3.8) is 0 Å². The van der Waals surface area contributed by atoms with Crippen LogP contribution in [0, 0.1) is 5.92 Å². The normalized spacial score (nSPS) is 19.2. The molecule has 1 N–H and O–H groups in total. The Balaban J connectivity index is 2.01. The second-order valence-electron chi connectivity index (χ2n) is 6.31. The van der Waals surface area contributed by atoms with Crippen LogP contribution in [0.15, 0.2) is 24.3 Å². The first kappa shape index (κ1) is 16.4. The van der Waals surface area contributed by atoms with E-state index >= 15 is 0 Å². The topological polar surface area (TPSA) is 21.3 Å². The Morgan fingerprint density at radius 3 is 2.24 bits per heavy atom. The summed E-state index contributed by atoms with van der Waals surface area (Å²) in [6.07, 6.45) is 9.45. The Labute approximate surface area is 130 Å². The Bertz CT molecular complexity index is 395. The molecule has 0 saturated heterocycles. The van der Waals surface area contributed by atoms with Crippen molar-refractivity contribution in [2.45, 2.75) is 70.9 Å². The number of nitrogens with one attached hydrogen (secondary N) is 1. The highest BCUT2D eigenvalue weighted by molar-refractivity contribution is 5.29. The maximum absolute atomic E-state index is 5.26. The van der Waals surface area contributed by atoms with E-state index in [9.17, 15) is 0 Å². The van der Waals surface area contributed by atoms with Gasteiger partial charge in [0.1, 0.15) is 5.75 Å². The van der Waals surface area contributed by atoms with Gasteiger partial charge in [0.15, 0.2) is 0 Å². The Morgan fingerprint density at radius 2 is 1.71 bits per heavy atom. The molecule has 1 aromatic rings. The molecule has 1 fully saturated rings. The van der Waals surface area contributed by atoms with Crippen molar-refractivity contribution >= 4 is 0 Å². The van der Waals surface area contributed by atoms with E-state index in [4.69, 9.17) is 4.74 Å². The molecule has 1 aliphatic rings. The van der Waals surface area contributed by atoms with E-state index in [1.54, 1.807) is 7.11 Å². The highest BCUT2D eigenvalue weighted by atomic mass is 16.5. The van der Waals surface area contributed by atoms with E-state index in [1.807, 2.05) is 0 Å². The molecule has 2 rings (SSSR count). The fourth-order valence-corrected chi connectivity index (χ4v) is 3.67. The van der Waals surface area contributed by atoms with Gasteiger partial charge in [-0.05, 0) is 49.3 Å². The third-order valence-electron chi connectivity index (χ3n) is 5.00. The molecule has 0 heterocycles. The van der Waals surface area contributed by atoms with E-state index in [0.29, 0.717) is 12.1 Å². The van der Waals surface area contributed by atoms with Crippen LogP contribution >= 0.6 is 0 Å². The van der Waals surface area contributed by atoms with E-state index in [-0.39, 0.29) is 0 Å². The van der Waals surface area contributed by atoms with Crippen LogP contribution in [0.5, 0.6) is 5.75 Å². The smallest absolute Gasteiger partial charge is 0.118 e. The lowest BCUT2D eigenvalue weighted by atomic mass is 9.82.